The topological polar surface area (TPSA) is 83.5 Å². The molecule has 7 nitrogen and oxygen atoms in total. The molecule has 1 aliphatic heterocycles. The van der Waals surface area contributed by atoms with Crippen molar-refractivity contribution in [2.24, 2.45) is 10.9 Å². The molecule has 0 bridgehead atoms. The lowest BCUT2D eigenvalue weighted by Crippen LogP contribution is -2.26. The molecule has 156 valence electrons. The van der Waals surface area contributed by atoms with E-state index in [0.717, 1.165) is 11.8 Å². The largest absolute Gasteiger partial charge is 0.479 e. The molecule has 1 N–H and O–H groups in total. The molecule has 1 fully saturated rings. The first-order chi connectivity index (χ1) is 15.1. The highest BCUT2D eigenvalue weighted by Crippen LogP contribution is 2.24. The van der Waals surface area contributed by atoms with Crippen LogP contribution in [-0.4, -0.2) is 51.7 Å². The van der Waals surface area contributed by atoms with Crippen LogP contribution in [0.25, 0.3) is 11.0 Å². The van der Waals surface area contributed by atoms with Gasteiger partial charge in [0.15, 0.2) is 5.82 Å². The van der Waals surface area contributed by atoms with Gasteiger partial charge in [0.2, 0.25) is 5.91 Å². The molecule has 31 heavy (non-hydrogen) atoms. The number of nitrogens with one attached hydrogen (secondary N) is 1. The molecule has 1 aliphatic rings. The normalized spacial score (nSPS) is 15.8. The molecular formula is C23H20ClN5O2. The highest BCUT2D eigenvalue weighted by molar-refractivity contribution is 6.32. The van der Waals surface area contributed by atoms with Gasteiger partial charge >= 0.3 is 0 Å². The minimum atomic E-state index is -0.0484. The molecule has 0 radical (unpaired) electrons. The van der Waals surface area contributed by atoms with E-state index in [-0.39, 0.29) is 18.4 Å². The van der Waals surface area contributed by atoms with E-state index in [2.05, 4.69) is 38.4 Å². The summed E-state index contributed by atoms with van der Waals surface area (Å²) in [5.74, 6) is 7.29. The Hall–Kier alpha value is -3.63. The molecule has 3 aromatic rings. The van der Waals surface area contributed by atoms with Gasteiger partial charge in [0.1, 0.15) is 24.3 Å². The predicted molar refractivity (Wildman–Crippen MR) is 121 cm³/mol. The Morgan fingerprint density at radius 1 is 1.42 bits per heavy atom. The lowest BCUT2D eigenvalue weighted by atomic mass is 10.1. The van der Waals surface area contributed by atoms with Crippen LogP contribution in [0.3, 0.4) is 0 Å². The molecule has 0 aliphatic carbocycles. The van der Waals surface area contributed by atoms with Gasteiger partial charge in [0.25, 0.3) is 0 Å². The fraction of sp³-hybridized carbons (Fsp3) is 0.217. The summed E-state index contributed by atoms with van der Waals surface area (Å²) in [6, 6.07) is 9.13. The summed E-state index contributed by atoms with van der Waals surface area (Å²) in [5, 5.41) is 1.33. The number of H-pyrrole nitrogens is 1. The fourth-order valence-electron chi connectivity index (χ4n) is 3.32. The summed E-state index contributed by atoms with van der Waals surface area (Å²) in [6.07, 6.45) is 5.53. The van der Waals surface area contributed by atoms with Gasteiger partial charge in [-0.05, 0) is 36.6 Å². The predicted octanol–water partition coefficient (Wildman–Crippen LogP) is 3.78. The molecule has 1 saturated heterocycles. The van der Waals surface area contributed by atoms with Crippen molar-refractivity contribution in [2.75, 3.05) is 19.7 Å². The highest BCUT2D eigenvalue weighted by Gasteiger charge is 2.23. The van der Waals surface area contributed by atoms with E-state index in [9.17, 15) is 4.79 Å². The Balaban J connectivity index is 1.43. The average Bonchev–Trinajstić information content (AvgIpc) is 3.43. The third-order valence-electron chi connectivity index (χ3n) is 4.88. The quantitative estimate of drug-likeness (QED) is 0.377. The molecule has 1 atom stereocenters. The SMILES string of the molecule is C=CC(=O)N1CCC(/C=N/c2ncnc3[nH]c(C#CCOc4ccccc4Cl)cc23)C1. The van der Waals surface area contributed by atoms with Crippen LogP contribution in [0.4, 0.5) is 5.82 Å². The molecule has 1 aromatic carbocycles. The van der Waals surface area contributed by atoms with Crippen molar-refractivity contribution in [1.82, 2.24) is 19.9 Å². The number of likely N-dealkylation sites (tertiary alicyclic amines) is 1. The lowest BCUT2D eigenvalue weighted by Gasteiger charge is -2.12. The molecule has 0 spiro atoms. The van der Waals surface area contributed by atoms with Crippen LogP contribution in [-0.2, 0) is 4.79 Å². The number of halogens is 1. The standard InChI is InChI=1S/C23H20ClN5O2/c1-2-21(30)29-10-9-16(14-29)13-25-22-18-12-17(28-23(18)27-15-26-22)6-5-11-31-20-8-4-3-7-19(20)24/h2-4,7-8,12-13,15-16H,1,9-11,14H2,(H,26,27,28)/b25-13+. The Morgan fingerprint density at radius 3 is 3.13 bits per heavy atom. The van der Waals surface area contributed by atoms with Crippen LogP contribution < -0.4 is 4.74 Å². The number of aromatic nitrogens is 3. The maximum atomic E-state index is 11.7. The number of aromatic amines is 1. The van der Waals surface area contributed by atoms with Crippen molar-refractivity contribution in [3.05, 3.63) is 60.0 Å². The Kier molecular flexibility index (Phi) is 6.29. The van der Waals surface area contributed by atoms with Gasteiger partial charge in [0.05, 0.1) is 16.1 Å². The average molecular weight is 434 g/mol. The maximum Gasteiger partial charge on any atom is 0.245 e. The third-order valence-corrected chi connectivity index (χ3v) is 5.20. The number of amides is 1. The van der Waals surface area contributed by atoms with E-state index in [1.807, 2.05) is 24.4 Å². The Morgan fingerprint density at radius 2 is 2.29 bits per heavy atom. The van der Waals surface area contributed by atoms with Crippen molar-refractivity contribution in [1.29, 1.82) is 0 Å². The number of fused-ring (bicyclic) bond motifs is 1. The summed E-state index contributed by atoms with van der Waals surface area (Å²) < 4.78 is 5.58. The molecule has 1 unspecified atom stereocenters. The van der Waals surface area contributed by atoms with Gasteiger partial charge in [0, 0.05) is 25.2 Å². The summed E-state index contributed by atoms with van der Waals surface area (Å²) in [5.41, 5.74) is 1.35. The number of aliphatic imine (C=N–C) groups is 1. The van der Waals surface area contributed by atoms with Crippen molar-refractivity contribution < 1.29 is 9.53 Å². The second kappa shape index (κ2) is 9.45. The third kappa shape index (κ3) is 4.93. The van der Waals surface area contributed by atoms with Gasteiger partial charge in [-0.25, -0.2) is 15.0 Å². The van der Waals surface area contributed by atoms with Crippen LogP contribution in [0.1, 0.15) is 12.1 Å². The van der Waals surface area contributed by atoms with Crippen LogP contribution in [0.2, 0.25) is 5.02 Å². The van der Waals surface area contributed by atoms with Crippen molar-refractivity contribution in [3.63, 3.8) is 0 Å². The van der Waals surface area contributed by atoms with Crippen LogP contribution in [0, 0.1) is 17.8 Å². The first-order valence-electron chi connectivity index (χ1n) is 9.79. The smallest absolute Gasteiger partial charge is 0.245 e. The zero-order chi connectivity index (χ0) is 21.6. The Bertz CT molecular complexity index is 1210. The Labute approximate surface area is 184 Å². The van der Waals surface area contributed by atoms with Gasteiger partial charge in [-0.2, -0.15) is 0 Å². The highest BCUT2D eigenvalue weighted by atomic mass is 35.5. The number of hydrogen-bond donors (Lipinski definition) is 1. The molecule has 1 amide bonds. The summed E-state index contributed by atoms with van der Waals surface area (Å²) >= 11 is 6.07. The molecule has 3 heterocycles. The van der Waals surface area contributed by atoms with Crippen LogP contribution in [0.15, 0.2) is 54.3 Å². The number of para-hydroxylation sites is 1. The van der Waals surface area contributed by atoms with Crippen LogP contribution in [0.5, 0.6) is 5.75 Å². The van der Waals surface area contributed by atoms with Crippen LogP contribution >= 0.6 is 11.6 Å². The number of nitrogens with zero attached hydrogens (tertiary/aromatic N) is 4. The zero-order valence-corrected chi connectivity index (χ0v) is 17.5. The first-order valence-corrected chi connectivity index (χ1v) is 10.2. The van der Waals surface area contributed by atoms with Crippen molar-refractivity contribution in [3.8, 4) is 17.6 Å². The minimum Gasteiger partial charge on any atom is -0.479 e. The first kappa shape index (κ1) is 20.6. The number of hydrogen-bond acceptors (Lipinski definition) is 5. The van der Waals surface area contributed by atoms with E-state index in [1.54, 1.807) is 17.0 Å². The summed E-state index contributed by atoms with van der Waals surface area (Å²) in [6.45, 7) is 5.09. The molecule has 8 heteroatoms. The fourth-order valence-corrected chi connectivity index (χ4v) is 3.51. The second-order valence-corrected chi connectivity index (χ2v) is 7.39. The number of carbonyl (C=O) groups is 1. The number of rotatable bonds is 5. The lowest BCUT2D eigenvalue weighted by molar-refractivity contribution is -0.125. The minimum absolute atomic E-state index is 0.0484. The van der Waals surface area contributed by atoms with Crippen molar-refractivity contribution >= 4 is 40.6 Å². The summed E-state index contributed by atoms with van der Waals surface area (Å²) in [4.78, 5) is 29.7. The molecule has 0 saturated carbocycles. The van der Waals surface area contributed by atoms with Gasteiger partial charge in [-0.15, -0.1) is 0 Å². The molecule has 2 aromatic heterocycles. The van der Waals surface area contributed by atoms with Crippen molar-refractivity contribution in [2.45, 2.75) is 6.42 Å². The number of carbonyl (C=O) groups excluding carboxylic acids is 1. The number of benzene rings is 1. The van der Waals surface area contributed by atoms with E-state index in [4.69, 9.17) is 16.3 Å². The zero-order valence-electron chi connectivity index (χ0n) is 16.7. The maximum absolute atomic E-state index is 11.7. The van der Waals surface area contributed by atoms with E-state index in [1.165, 1.54) is 12.4 Å². The van der Waals surface area contributed by atoms with Gasteiger partial charge in [-0.1, -0.05) is 36.2 Å². The van der Waals surface area contributed by atoms with Gasteiger partial charge in [-0.3, -0.25) is 4.79 Å². The number of ether oxygens (including phenoxy) is 1. The summed E-state index contributed by atoms with van der Waals surface area (Å²) in [7, 11) is 0. The van der Waals surface area contributed by atoms with E-state index < -0.39 is 0 Å². The second-order valence-electron chi connectivity index (χ2n) is 6.98. The van der Waals surface area contributed by atoms with E-state index >= 15 is 0 Å². The monoisotopic (exact) mass is 433 g/mol. The molecular weight excluding hydrogens is 414 g/mol. The van der Waals surface area contributed by atoms with Gasteiger partial charge < -0.3 is 14.6 Å². The molecule has 4 rings (SSSR count). The van der Waals surface area contributed by atoms with E-state index in [0.29, 0.717) is 41.0 Å².